The molecule has 3 N–H and O–H groups in total. The number of aliphatic hydroxyl groups excluding tert-OH is 2. The summed E-state index contributed by atoms with van der Waals surface area (Å²) in [5, 5.41) is 26.3. The first-order valence-corrected chi connectivity index (χ1v) is 8.38. The summed E-state index contributed by atoms with van der Waals surface area (Å²) in [5.41, 5.74) is 3.26. The zero-order chi connectivity index (χ0) is 16.9. The minimum absolute atomic E-state index is 0.0182. The fourth-order valence-corrected chi connectivity index (χ4v) is 3.23. The number of aryl methyl sites for hydroxylation is 1. The highest BCUT2D eigenvalue weighted by molar-refractivity contribution is 5.27. The summed E-state index contributed by atoms with van der Waals surface area (Å²) < 4.78 is 5.37. The highest BCUT2D eigenvalue weighted by Crippen LogP contribution is 2.23. The van der Waals surface area contributed by atoms with Gasteiger partial charge in [-0.1, -0.05) is 12.1 Å². The van der Waals surface area contributed by atoms with E-state index in [-0.39, 0.29) is 18.6 Å². The number of aliphatic hydroxyl groups is 2. The Morgan fingerprint density at radius 1 is 1.29 bits per heavy atom. The Bertz CT molecular complexity index is 641. The van der Waals surface area contributed by atoms with Crippen molar-refractivity contribution in [3.63, 3.8) is 0 Å². The van der Waals surface area contributed by atoms with E-state index in [1.807, 2.05) is 37.3 Å². The molecule has 2 heterocycles. The fraction of sp³-hybridized carbons (Fsp3) is 0.500. The molecule has 1 aliphatic heterocycles. The molecule has 0 spiro atoms. The Balaban J connectivity index is 1.53. The van der Waals surface area contributed by atoms with Gasteiger partial charge in [-0.3, -0.25) is 10.00 Å². The number of likely N-dealkylation sites (tertiary alicyclic amines) is 1. The van der Waals surface area contributed by atoms with Crippen molar-refractivity contribution in [2.75, 3.05) is 26.3 Å². The Morgan fingerprint density at radius 2 is 2.08 bits per heavy atom. The molecule has 1 aliphatic rings. The second-order valence-electron chi connectivity index (χ2n) is 6.48. The maximum Gasteiger partial charge on any atom is 0.119 e. The number of ether oxygens (including phenoxy) is 1. The van der Waals surface area contributed by atoms with E-state index >= 15 is 0 Å². The standard InChI is InChI=1S/C18H25N3O3/c1-13-8-16(20-19-13)9-15-11-21(12-18(15)23)10-14-2-4-17(5-3-14)24-7-6-22/h2-5,8,15,18,22-23H,6-7,9-12H2,1H3,(H,19,20)/t15-,18+/m1/s1. The van der Waals surface area contributed by atoms with E-state index in [1.54, 1.807) is 0 Å². The van der Waals surface area contributed by atoms with Gasteiger partial charge < -0.3 is 14.9 Å². The number of benzene rings is 1. The molecule has 6 nitrogen and oxygen atoms in total. The summed E-state index contributed by atoms with van der Waals surface area (Å²) in [6, 6.07) is 9.94. The van der Waals surface area contributed by atoms with Crippen LogP contribution in [0.3, 0.4) is 0 Å². The van der Waals surface area contributed by atoms with Gasteiger partial charge in [0.25, 0.3) is 0 Å². The minimum atomic E-state index is -0.311. The lowest BCUT2D eigenvalue weighted by atomic mass is 10.0. The van der Waals surface area contributed by atoms with Crippen molar-refractivity contribution in [1.82, 2.24) is 15.1 Å². The summed E-state index contributed by atoms with van der Waals surface area (Å²) in [6.07, 6.45) is 0.491. The van der Waals surface area contributed by atoms with Crippen molar-refractivity contribution < 1.29 is 14.9 Å². The lowest BCUT2D eigenvalue weighted by molar-refractivity contribution is 0.140. The normalized spacial score (nSPS) is 21.3. The quantitative estimate of drug-likeness (QED) is 0.708. The van der Waals surface area contributed by atoms with Crippen LogP contribution in [0.2, 0.25) is 0 Å². The number of hydrogen-bond acceptors (Lipinski definition) is 5. The van der Waals surface area contributed by atoms with Gasteiger partial charge in [0.1, 0.15) is 12.4 Å². The van der Waals surface area contributed by atoms with E-state index < -0.39 is 0 Å². The molecule has 2 aromatic rings. The van der Waals surface area contributed by atoms with E-state index in [1.165, 1.54) is 5.56 Å². The van der Waals surface area contributed by atoms with Crippen molar-refractivity contribution in [3.8, 4) is 5.75 Å². The zero-order valence-corrected chi connectivity index (χ0v) is 14.0. The number of aromatic nitrogens is 2. The van der Waals surface area contributed by atoms with Crippen LogP contribution in [0.5, 0.6) is 5.75 Å². The molecular weight excluding hydrogens is 306 g/mol. The molecule has 24 heavy (non-hydrogen) atoms. The van der Waals surface area contributed by atoms with Crippen molar-refractivity contribution in [3.05, 3.63) is 47.3 Å². The fourth-order valence-electron chi connectivity index (χ4n) is 3.23. The minimum Gasteiger partial charge on any atom is -0.491 e. The van der Waals surface area contributed by atoms with Gasteiger partial charge in [-0.2, -0.15) is 5.10 Å². The molecule has 1 saturated heterocycles. The molecule has 0 unspecified atom stereocenters. The lowest BCUT2D eigenvalue weighted by Crippen LogP contribution is -2.21. The van der Waals surface area contributed by atoms with Gasteiger partial charge in [0, 0.05) is 31.2 Å². The number of nitrogens with zero attached hydrogens (tertiary/aromatic N) is 2. The third kappa shape index (κ3) is 4.35. The second kappa shape index (κ2) is 7.79. The van der Waals surface area contributed by atoms with E-state index in [0.29, 0.717) is 13.2 Å². The van der Waals surface area contributed by atoms with Crippen LogP contribution in [0, 0.1) is 12.8 Å². The average molecular weight is 331 g/mol. The largest absolute Gasteiger partial charge is 0.491 e. The van der Waals surface area contributed by atoms with Gasteiger partial charge >= 0.3 is 0 Å². The summed E-state index contributed by atoms with van der Waals surface area (Å²) in [5.74, 6) is 0.987. The number of aromatic amines is 1. The Kier molecular flexibility index (Phi) is 5.50. The highest BCUT2D eigenvalue weighted by Gasteiger charge is 2.31. The van der Waals surface area contributed by atoms with Gasteiger partial charge in [-0.05, 0) is 37.1 Å². The summed E-state index contributed by atoms with van der Waals surface area (Å²) in [7, 11) is 0. The van der Waals surface area contributed by atoms with Crippen LogP contribution < -0.4 is 4.74 Å². The average Bonchev–Trinajstić information content (AvgIpc) is 3.13. The van der Waals surface area contributed by atoms with Crippen LogP contribution in [0.4, 0.5) is 0 Å². The van der Waals surface area contributed by atoms with Crippen LogP contribution in [0.25, 0.3) is 0 Å². The van der Waals surface area contributed by atoms with Crippen molar-refractivity contribution >= 4 is 0 Å². The molecule has 1 fully saturated rings. The number of hydrogen-bond donors (Lipinski definition) is 3. The van der Waals surface area contributed by atoms with Crippen LogP contribution in [-0.4, -0.2) is 57.7 Å². The maximum atomic E-state index is 10.3. The van der Waals surface area contributed by atoms with Gasteiger partial charge in [0.2, 0.25) is 0 Å². The molecule has 0 amide bonds. The van der Waals surface area contributed by atoms with Gasteiger partial charge in [-0.25, -0.2) is 0 Å². The third-order valence-corrected chi connectivity index (χ3v) is 4.40. The van der Waals surface area contributed by atoms with Gasteiger partial charge in [-0.15, -0.1) is 0 Å². The predicted octanol–water partition coefficient (Wildman–Crippen LogP) is 1.12. The monoisotopic (exact) mass is 331 g/mol. The zero-order valence-electron chi connectivity index (χ0n) is 14.0. The number of β-amino-alcohol motifs (C(OH)–C–C–N with tert-alkyl or cyclic N) is 1. The first kappa shape index (κ1) is 17.0. The van der Waals surface area contributed by atoms with Crippen molar-refractivity contribution in [2.24, 2.45) is 5.92 Å². The topological polar surface area (TPSA) is 81.6 Å². The van der Waals surface area contributed by atoms with Crippen LogP contribution in [0.15, 0.2) is 30.3 Å². The van der Waals surface area contributed by atoms with Gasteiger partial charge in [0.15, 0.2) is 0 Å². The van der Waals surface area contributed by atoms with E-state index in [2.05, 4.69) is 15.1 Å². The number of nitrogens with one attached hydrogen (secondary N) is 1. The highest BCUT2D eigenvalue weighted by atomic mass is 16.5. The molecule has 0 aliphatic carbocycles. The Hall–Kier alpha value is -1.89. The van der Waals surface area contributed by atoms with Gasteiger partial charge in [0.05, 0.1) is 18.4 Å². The van der Waals surface area contributed by atoms with E-state index in [4.69, 9.17) is 9.84 Å². The second-order valence-corrected chi connectivity index (χ2v) is 6.48. The predicted molar refractivity (Wildman–Crippen MR) is 90.8 cm³/mol. The first-order chi connectivity index (χ1) is 11.6. The molecule has 0 saturated carbocycles. The molecule has 1 aromatic carbocycles. The molecule has 6 heteroatoms. The smallest absolute Gasteiger partial charge is 0.119 e. The van der Waals surface area contributed by atoms with E-state index in [9.17, 15) is 5.11 Å². The molecule has 3 rings (SSSR count). The maximum absolute atomic E-state index is 10.3. The van der Waals surface area contributed by atoms with Crippen LogP contribution >= 0.6 is 0 Å². The van der Waals surface area contributed by atoms with Crippen LogP contribution in [0.1, 0.15) is 17.0 Å². The van der Waals surface area contributed by atoms with Crippen LogP contribution in [-0.2, 0) is 13.0 Å². The third-order valence-electron chi connectivity index (χ3n) is 4.40. The van der Waals surface area contributed by atoms with E-state index in [0.717, 1.165) is 36.6 Å². The van der Waals surface area contributed by atoms with Crippen molar-refractivity contribution in [2.45, 2.75) is 26.0 Å². The molecule has 130 valence electrons. The number of H-pyrrole nitrogens is 1. The number of rotatable bonds is 7. The molecular formula is C18H25N3O3. The Labute approximate surface area is 142 Å². The summed E-state index contributed by atoms with van der Waals surface area (Å²) in [4.78, 5) is 2.28. The summed E-state index contributed by atoms with van der Waals surface area (Å²) in [6.45, 7) is 4.69. The molecule has 2 atom stereocenters. The summed E-state index contributed by atoms with van der Waals surface area (Å²) >= 11 is 0. The van der Waals surface area contributed by atoms with Crippen molar-refractivity contribution in [1.29, 1.82) is 0 Å². The SMILES string of the molecule is Cc1cc(C[C@@H]2CN(Cc3ccc(OCCO)cc3)C[C@@H]2O)n[nH]1. The molecule has 0 radical (unpaired) electrons. The molecule has 1 aromatic heterocycles. The molecule has 0 bridgehead atoms. The lowest BCUT2D eigenvalue weighted by Gasteiger charge is -2.15. The first-order valence-electron chi connectivity index (χ1n) is 8.38. The Morgan fingerprint density at radius 3 is 2.75 bits per heavy atom.